The molecular formula is C20H17BrFNO2. The van der Waals surface area contributed by atoms with E-state index in [4.69, 9.17) is 4.74 Å². The van der Waals surface area contributed by atoms with Crippen molar-refractivity contribution in [2.75, 3.05) is 6.61 Å². The molecule has 0 fully saturated rings. The van der Waals surface area contributed by atoms with E-state index in [0.717, 1.165) is 20.8 Å². The summed E-state index contributed by atoms with van der Waals surface area (Å²) in [6.07, 6.45) is 0. The molecule has 0 spiro atoms. The Morgan fingerprint density at radius 2 is 1.76 bits per heavy atom. The van der Waals surface area contributed by atoms with Crippen LogP contribution in [0.1, 0.15) is 18.5 Å². The summed E-state index contributed by atoms with van der Waals surface area (Å²) >= 11 is 3.44. The second kappa shape index (κ2) is 7.66. The van der Waals surface area contributed by atoms with Crippen molar-refractivity contribution < 1.29 is 13.9 Å². The Morgan fingerprint density at radius 3 is 2.52 bits per heavy atom. The van der Waals surface area contributed by atoms with Crippen LogP contribution in [0, 0.1) is 5.82 Å². The molecule has 3 aromatic rings. The van der Waals surface area contributed by atoms with E-state index in [1.165, 1.54) is 12.1 Å². The lowest BCUT2D eigenvalue weighted by Crippen LogP contribution is -2.31. The number of carbonyl (C=O) groups excluding carboxylic acids is 1. The average Bonchev–Trinajstić information content (AvgIpc) is 2.60. The summed E-state index contributed by atoms with van der Waals surface area (Å²) in [5.74, 6) is 0.112. The minimum absolute atomic E-state index is 0.0758. The summed E-state index contributed by atoms with van der Waals surface area (Å²) in [5, 5.41) is 4.97. The van der Waals surface area contributed by atoms with Gasteiger partial charge in [-0.2, -0.15) is 0 Å². The summed E-state index contributed by atoms with van der Waals surface area (Å²) in [6, 6.07) is 17.5. The Bertz CT molecular complexity index is 896. The molecule has 0 heterocycles. The van der Waals surface area contributed by atoms with E-state index < -0.39 is 0 Å². The van der Waals surface area contributed by atoms with Gasteiger partial charge in [0, 0.05) is 4.47 Å². The van der Waals surface area contributed by atoms with Crippen LogP contribution >= 0.6 is 15.9 Å². The Labute approximate surface area is 153 Å². The van der Waals surface area contributed by atoms with Gasteiger partial charge in [0.25, 0.3) is 5.91 Å². The first-order valence-corrected chi connectivity index (χ1v) is 8.67. The highest BCUT2D eigenvalue weighted by molar-refractivity contribution is 9.10. The number of nitrogens with one attached hydrogen (secondary N) is 1. The maximum Gasteiger partial charge on any atom is 0.258 e. The van der Waals surface area contributed by atoms with Crippen LogP contribution < -0.4 is 10.1 Å². The first-order chi connectivity index (χ1) is 12.0. The van der Waals surface area contributed by atoms with Crippen molar-refractivity contribution in [1.82, 2.24) is 5.32 Å². The van der Waals surface area contributed by atoms with E-state index in [0.29, 0.717) is 5.75 Å². The van der Waals surface area contributed by atoms with E-state index in [-0.39, 0.29) is 24.4 Å². The Hall–Kier alpha value is -2.40. The zero-order valence-electron chi connectivity index (χ0n) is 13.6. The monoisotopic (exact) mass is 401 g/mol. The molecule has 1 N–H and O–H groups in total. The minimum Gasteiger partial charge on any atom is -0.484 e. The number of hydrogen-bond donors (Lipinski definition) is 1. The van der Waals surface area contributed by atoms with Crippen LogP contribution in [0.5, 0.6) is 5.75 Å². The van der Waals surface area contributed by atoms with Crippen molar-refractivity contribution in [3.63, 3.8) is 0 Å². The predicted octanol–water partition coefficient (Wildman–Crippen LogP) is 5.00. The van der Waals surface area contributed by atoms with Crippen molar-refractivity contribution in [2.45, 2.75) is 13.0 Å². The van der Waals surface area contributed by atoms with Crippen LogP contribution in [0.3, 0.4) is 0 Å². The molecule has 25 heavy (non-hydrogen) atoms. The normalized spacial score (nSPS) is 12.0. The van der Waals surface area contributed by atoms with Gasteiger partial charge in [-0.3, -0.25) is 4.79 Å². The lowest BCUT2D eigenvalue weighted by Gasteiger charge is -2.15. The highest BCUT2D eigenvalue weighted by Gasteiger charge is 2.10. The first kappa shape index (κ1) is 17.4. The van der Waals surface area contributed by atoms with Gasteiger partial charge in [0.1, 0.15) is 11.6 Å². The van der Waals surface area contributed by atoms with Gasteiger partial charge in [-0.25, -0.2) is 4.39 Å². The fourth-order valence-electron chi connectivity index (χ4n) is 2.55. The Morgan fingerprint density at radius 1 is 1.08 bits per heavy atom. The fraction of sp³-hybridized carbons (Fsp3) is 0.150. The standard InChI is InChI=1S/C20H17BrFNO2/c1-13(14-3-7-18(22)8-4-14)23-20(24)12-25-19-9-5-15-10-17(21)6-2-16(15)11-19/h2-11,13H,12H2,1H3,(H,23,24)/t13-/m1/s1. The lowest BCUT2D eigenvalue weighted by molar-refractivity contribution is -0.123. The van der Waals surface area contributed by atoms with Gasteiger partial charge in [0.15, 0.2) is 6.61 Å². The molecule has 1 atom stereocenters. The number of carbonyl (C=O) groups is 1. The molecule has 3 nitrogen and oxygen atoms in total. The lowest BCUT2D eigenvalue weighted by atomic mass is 10.1. The van der Waals surface area contributed by atoms with E-state index in [1.54, 1.807) is 12.1 Å². The highest BCUT2D eigenvalue weighted by atomic mass is 79.9. The summed E-state index contributed by atoms with van der Waals surface area (Å²) in [4.78, 5) is 12.1. The van der Waals surface area contributed by atoms with Crippen LogP contribution in [-0.2, 0) is 4.79 Å². The third-order valence-corrected chi connectivity index (χ3v) is 4.38. The number of amides is 1. The van der Waals surface area contributed by atoms with Crippen molar-refractivity contribution >= 4 is 32.6 Å². The van der Waals surface area contributed by atoms with E-state index in [1.807, 2.05) is 43.3 Å². The average molecular weight is 402 g/mol. The molecule has 0 radical (unpaired) electrons. The van der Waals surface area contributed by atoms with Gasteiger partial charge in [-0.05, 0) is 59.7 Å². The third kappa shape index (κ3) is 4.57. The summed E-state index contributed by atoms with van der Waals surface area (Å²) < 4.78 is 19.5. The quantitative estimate of drug-likeness (QED) is 0.653. The van der Waals surface area contributed by atoms with E-state index >= 15 is 0 Å². The van der Waals surface area contributed by atoms with Crippen molar-refractivity contribution in [1.29, 1.82) is 0 Å². The largest absolute Gasteiger partial charge is 0.484 e. The van der Waals surface area contributed by atoms with Crippen LogP contribution in [0.15, 0.2) is 65.1 Å². The molecular weight excluding hydrogens is 385 g/mol. The van der Waals surface area contributed by atoms with Gasteiger partial charge >= 0.3 is 0 Å². The third-order valence-electron chi connectivity index (χ3n) is 3.89. The second-order valence-electron chi connectivity index (χ2n) is 5.78. The summed E-state index contributed by atoms with van der Waals surface area (Å²) in [6.45, 7) is 1.77. The molecule has 0 aliphatic carbocycles. The maximum absolute atomic E-state index is 12.9. The molecule has 0 aliphatic heterocycles. The number of rotatable bonds is 5. The molecule has 128 valence electrons. The molecule has 0 unspecified atom stereocenters. The zero-order valence-corrected chi connectivity index (χ0v) is 15.2. The van der Waals surface area contributed by atoms with Gasteiger partial charge in [-0.1, -0.05) is 40.2 Å². The second-order valence-corrected chi connectivity index (χ2v) is 6.70. The molecule has 1 amide bonds. The minimum atomic E-state index is -0.297. The fourth-order valence-corrected chi connectivity index (χ4v) is 2.93. The van der Waals surface area contributed by atoms with Crippen molar-refractivity contribution in [2.24, 2.45) is 0 Å². The highest BCUT2D eigenvalue weighted by Crippen LogP contribution is 2.24. The molecule has 3 rings (SSSR count). The number of fused-ring (bicyclic) bond motifs is 1. The number of hydrogen-bond acceptors (Lipinski definition) is 2. The molecule has 0 saturated carbocycles. The topological polar surface area (TPSA) is 38.3 Å². The molecule has 0 aromatic heterocycles. The maximum atomic E-state index is 12.9. The van der Waals surface area contributed by atoms with E-state index in [9.17, 15) is 9.18 Å². The molecule has 0 aliphatic rings. The van der Waals surface area contributed by atoms with Gasteiger partial charge in [0.05, 0.1) is 6.04 Å². The zero-order chi connectivity index (χ0) is 17.8. The van der Waals surface area contributed by atoms with Crippen LogP contribution in [0.2, 0.25) is 0 Å². The molecule has 5 heteroatoms. The summed E-state index contributed by atoms with van der Waals surface area (Å²) in [7, 11) is 0. The molecule has 0 saturated heterocycles. The number of ether oxygens (including phenoxy) is 1. The Kier molecular flexibility index (Phi) is 5.34. The smallest absolute Gasteiger partial charge is 0.258 e. The molecule has 0 bridgehead atoms. The van der Waals surface area contributed by atoms with Gasteiger partial charge in [-0.15, -0.1) is 0 Å². The van der Waals surface area contributed by atoms with Crippen LogP contribution in [0.4, 0.5) is 4.39 Å². The van der Waals surface area contributed by atoms with Crippen molar-refractivity contribution in [3.05, 3.63) is 76.5 Å². The summed E-state index contributed by atoms with van der Waals surface area (Å²) in [5.41, 5.74) is 0.839. The first-order valence-electron chi connectivity index (χ1n) is 7.88. The van der Waals surface area contributed by atoms with Gasteiger partial charge < -0.3 is 10.1 Å². The van der Waals surface area contributed by atoms with E-state index in [2.05, 4.69) is 21.2 Å². The van der Waals surface area contributed by atoms with Crippen molar-refractivity contribution in [3.8, 4) is 5.75 Å². The van der Waals surface area contributed by atoms with Crippen LogP contribution in [0.25, 0.3) is 10.8 Å². The molecule has 3 aromatic carbocycles. The SMILES string of the molecule is C[C@@H](NC(=O)COc1ccc2cc(Br)ccc2c1)c1ccc(F)cc1. The number of benzene rings is 3. The number of halogens is 2. The Balaban J connectivity index is 1.58. The predicted molar refractivity (Wildman–Crippen MR) is 100 cm³/mol. The van der Waals surface area contributed by atoms with Gasteiger partial charge in [0.2, 0.25) is 0 Å². The van der Waals surface area contributed by atoms with Crippen LogP contribution in [-0.4, -0.2) is 12.5 Å².